The first-order valence-electron chi connectivity index (χ1n) is 37.7. The molecule has 100 heavy (non-hydrogen) atoms. The Morgan fingerprint density at radius 1 is 0.370 bits per heavy atom. The SMILES string of the molecule is CC/C=C\C/C=C\C/C=C\C/C=C\C/C=C\C/C=C\C/C=C\C/C=C\C/C=C\C/C=C\C/C=C\CCCCCCCC(=O)NC(COC1OC(CO)C(OC2OC(CO)C(OC3OC(CO)C(O)C(O)C3O)C(O)C2O)C(O)C1O)C(O)/C=C/CC/C=C/CCCCCCCCCCCC. The molecule has 19 nitrogen and oxygen atoms in total. The fraction of sp³-hybridized carbons (Fsp3) is 0.667. The van der Waals surface area contributed by atoms with E-state index in [0.717, 1.165) is 122 Å². The lowest BCUT2D eigenvalue weighted by Gasteiger charge is -2.48. The first-order valence-corrected chi connectivity index (χ1v) is 37.7. The van der Waals surface area contributed by atoms with Crippen LogP contribution in [0.4, 0.5) is 0 Å². The molecule has 3 fully saturated rings. The summed E-state index contributed by atoms with van der Waals surface area (Å²) in [5.74, 6) is -0.311. The van der Waals surface area contributed by atoms with Crippen LogP contribution in [0.25, 0.3) is 0 Å². The molecular weight excluding hydrogens is 1270 g/mol. The first kappa shape index (κ1) is 89.6. The predicted octanol–water partition coefficient (Wildman–Crippen LogP) is 11.7. The Balaban J connectivity index is 1.38. The minimum absolute atomic E-state index is 0.202. The Hall–Kier alpha value is -4.59. The highest BCUT2D eigenvalue weighted by Gasteiger charge is 2.53. The van der Waals surface area contributed by atoms with Gasteiger partial charge in [-0.1, -0.05) is 249 Å². The van der Waals surface area contributed by atoms with Crippen LogP contribution in [0.15, 0.2) is 158 Å². The molecule has 3 heterocycles. The number of aliphatic hydroxyl groups is 11. The van der Waals surface area contributed by atoms with Crippen LogP contribution in [0.5, 0.6) is 0 Å². The smallest absolute Gasteiger partial charge is 0.220 e. The summed E-state index contributed by atoms with van der Waals surface area (Å²) >= 11 is 0. The maximum atomic E-state index is 13.4. The van der Waals surface area contributed by atoms with E-state index in [4.69, 9.17) is 28.4 Å². The molecule has 17 unspecified atom stereocenters. The third kappa shape index (κ3) is 39.9. The van der Waals surface area contributed by atoms with Gasteiger partial charge in [0.15, 0.2) is 18.9 Å². The molecule has 1 amide bonds. The van der Waals surface area contributed by atoms with Crippen molar-refractivity contribution in [2.75, 3.05) is 26.4 Å². The van der Waals surface area contributed by atoms with Crippen molar-refractivity contribution in [3.05, 3.63) is 158 Å². The van der Waals surface area contributed by atoms with E-state index in [1.807, 2.05) is 6.08 Å². The summed E-state index contributed by atoms with van der Waals surface area (Å²) in [6.45, 7) is 1.56. The van der Waals surface area contributed by atoms with Crippen molar-refractivity contribution >= 4 is 5.91 Å². The van der Waals surface area contributed by atoms with E-state index in [1.165, 1.54) is 57.8 Å². The summed E-state index contributed by atoms with van der Waals surface area (Å²) in [4.78, 5) is 13.4. The molecule has 3 saturated heterocycles. The van der Waals surface area contributed by atoms with Crippen LogP contribution in [0.3, 0.4) is 0 Å². The van der Waals surface area contributed by atoms with Gasteiger partial charge in [-0.05, 0) is 116 Å². The molecule has 0 aromatic carbocycles. The second-order valence-electron chi connectivity index (χ2n) is 26.0. The number of rotatable bonds is 56. The third-order valence-corrected chi connectivity index (χ3v) is 17.6. The predicted molar refractivity (Wildman–Crippen MR) is 396 cm³/mol. The van der Waals surface area contributed by atoms with Crippen molar-refractivity contribution in [1.29, 1.82) is 0 Å². The zero-order valence-corrected chi connectivity index (χ0v) is 60.4. The number of nitrogens with one attached hydrogen (secondary N) is 1. The zero-order valence-electron chi connectivity index (χ0n) is 60.4. The van der Waals surface area contributed by atoms with Gasteiger partial charge in [0, 0.05) is 6.42 Å². The van der Waals surface area contributed by atoms with E-state index < -0.39 is 124 Å². The molecule has 568 valence electrons. The normalized spacial score (nSPS) is 27.4. The van der Waals surface area contributed by atoms with E-state index in [9.17, 15) is 61.0 Å². The number of aliphatic hydroxyl groups excluding tert-OH is 11. The number of carbonyl (C=O) groups is 1. The first-order chi connectivity index (χ1) is 48.8. The lowest BCUT2D eigenvalue weighted by molar-refractivity contribution is -0.379. The van der Waals surface area contributed by atoms with E-state index in [1.54, 1.807) is 6.08 Å². The maximum absolute atomic E-state index is 13.4. The van der Waals surface area contributed by atoms with Gasteiger partial charge >= 0.3 is 0 Å². The van der Waals surface area contributed by atoms with Crippen molar-refractivity contribution in [2.24, 2.45) is 0 Å². The molecule has 17 atom stereocenters. The third-order valence-electron chi connectivity index (χ3n) is 17.6. The van der Waals surface area contributed by atoms with Crippen LogP contribution >= 0.6 is 0 Å². The monoisotopic (exact) mass is 1410 g/mol. The summed E-state index contributed by atoms with van der Waals surface area (Å²) in [6.07, 6.45) is 60.8. The average molecular weight is 1410 g/mol. The van der Waals surface area contributed by atoms with E-state index >= 15 is 0 Å². The van der Waals surface area contributed by atoms with Crippen LogP contribution < -0.4 is 5.32 Å². The van der Waals surface area contributed by atoms with Crippen LogP contribution in [0.1, 0.15) is 213 Å². The van der Waals surface area contributed by atoms with Gasteiger partial charge in [-0.3, -0.25) is 4.79 Å². The standard InChI is InChI=1S/C81H131NO18/c1-3-5-7-9-11-13-15-17-19-21-22-23-24-25-26-27-28-29-30-31-32-33-34-35-36-37-38-39-40-41-42-43-45-47-49-51-53-55-57-59-69(87)82-64(65(86)58-56-54-52-50-48-46-44-20-18-16-14-12-10-8-6-4-2)63-95-79-75(93)72(90)77(67(61-84)97-79)100-81-76(94)73(91)78(68(62-85)98-81)99-80-74(92)71(89)70(88)66(60-83)96-80/h5,7,11,13,17,19,22-23,25-26,28-29,31-32,34-35,37-38,40-41,43,45,48,50,56,58,64-68,70-81,83-86,88-94H,3-4,6,8-10,12,14-16,18,20-21,24,27,30,33,36,39,42,44,46-47,49,51-55,57,59-63H2,1-2H3,(H,82,87)/b7-5-,13-11-,19-17-,23-22-,26-25-,29-28-,32-31-,35-34-,38-37-,41-40-,45-43-,50-48+,58-56+. The summed E-state index contributed by atoms with van der Waals surface area (Å²) in [7, 11) is 0. The molecule has 19 heteroatoms. The topological polar surface area (TPSA) is 307 Å². The number of hydrogen-bond acceptors (Lipinski definition) is 18. The van der Waals surface area contributed by atoms with Gasteiger partial charge < -0.3 is 89.9 Å². The number of carbonyl (C=O) groups excluding carboxylic acids is 1. The second kappa shape index (κ2) is 59.8. The summed E-state index contributed by atoms with van der Waals surface area (Å²) < 4.78 is 34.3. The Morgan fingerprint density at radius 3 is 1.12 bits per heavy atom. The minimum Gasteiger partial charge on any atom is -0.394 e. The zero-order chi connectivity index (χ0) is 72.5. The maximum Gasteiger partial charge on any atom is 0.220 e. The molecule has 0 aliphatic carbocycles. The van der Waals surface area contributed by atoms with Crippen LogP contribution in [0.2, 0.25) is 0 Å². The number of allylic oxidation sites excluding steroid dienone is 25. The Kier molecular flexibility index (Phi) is 53.6. The minimum atomic E-state index is -1.99. The number of ether oxygens (including phenoxy) is 6. The molecule has 0 spiro atoms. The highest BCUT2D eigenvalue weighted by molar-refractivity contribution is 5.76. The van der Waals surface area contributed by atoms with Crippen molar-refractivity contribution in [3.63, 3.8) is 0 Å². The van der Waals surface area contributed by atoms with Crippen molar-refractivity contribution in [2.45, 2.75) is 317 Å². The molecule has 0 saturated carbocycles. The summed E-state index contributed by atoms with van der Waals surface area (Å²) in [5.41, 5.74) is 0. The van der Waals surface area contributed by atoms with Crippen molar-refractivity contribution in [3.8, 4) is 0 Å². The molecular formula is C81H131NO18. The molecule has 3 aliphatic heterocycles. The van der Waals surface area contributed by atoms with E-state index in [0.29, 0.717) is 12.8 Å². The average Bonchev–Trinajstić information content (AvgIpc) is 0.784. The summed E-state index contributed by atoms with van der Waals surface area (Å²) in [6, 6.07) is -1.01. The van der Waals surface area contributed by atoms with Crippen LogP contribution in [-0.4, -0.2) is 193 Å². The van der Waals surface area contributed by atoms with Crippen LogP contribution in [0, 0.1) is 0 Å². The number of hydrogen-bond donors (Lipinski definition) is 12. The van der Waals surface area contributed by atoms with Crippen LogP contribution in [-0.2, 0) is 33.2 Å². The molecule has 3 aliphatic rings. The lowest BCUT2D eigenvalue weighted by atomic mass is 9.96. The summed E-state index contributed by atoms with van der Waals surface area (Å²) in [5, 5.41) is 121. The molecule has 12 N–H and O–H groups in total. The van der Waals surface area contributed by atoms with E-state index in [-0.39, 0.29) is 18.9 Å². The molecule has 0 bridgehead atoms. The fourth-order valence-electron chi connectivity index (χ4n) is 11.5. The van der Waals surface area contributed by atoms with Gasteiger partial charge in [0.25, 0.3) is 0 Å². The highest BCUT2D eigenvalue weighted by Crippen LogP contribution is 2.33. The number of amides is 1. The Morgan fingerprint density at radius 2 is 0.700 bits per heavy atom. The fourth-order valence-corrected chi connectivity index (χ4v) is 11.5. The van der Waals surface area contributed by atoms with Crippen molar-refractivity contribution in [1.82, 2.24) is 5.32 Å². The van der Waals surface area contributed by atoms with Gasteiger partial charge in [0.05, 0.1) is 38.6 Å². The largest absolute Gasteiger partial charge is 0.394 e. The quantitative estimate of drug-likeness (QED) is 0.0199. The van der Waals surface area contributed by atoms with Gasteiger partial charge in [0.2, 0.25) is 5.91 Å². The van der Waals surface area contributed by atoms with Gasteiger partial charge in [0.1, 0.15) is 73.2 Å². The van der Waals surface area contributed by atoms with Crippen molar-refractivity contribution < 1.29 is 89.4 Å². The lowest BCUT2D eigenvalue weighted by Crippen LogP contribution is -2.66. The highest BCUT2D eigenvalue weighted by atomic mass is 16.8. The molecule has 0 aromatic rings. The second-order valence-corrected chi connectivity index (χ2v) is 26.0. The number of unbranched alkanes of at least 4 members (excludes halogenated alkanes) is 16. The van der Waals surface area contributed by atoms with Gasteiger partial charge in [-0.15, -0.1) is 0 Å². The Labute approximate surface area is 599 Å². The molecule has 3 rings (SSSR count). The van der Waals surface area contributed by atoms with Gasteiger partial charge in [-0.2, -0.15) is 0 Å². The molecule has 0 radical (unpaired) electrons. The Bertz CT molecular complexity index is 2430. The van der Waals surface area contributed by atoms with E-state index in [2.05, 4.69) is 165 Å². The molecule has 0 aromatic heterocycles. The van der Waals surface area contributed by atoms with Gasteiger partial charge in [-0.25, -0.2) is 0 Å².